The summed E-state index contributed by atoms with van der Waals surface area (Å²) in [6.45, 7) is 6.03. The quantitative estimate of drug-likeness (QED) is 0.473. The first kappa shape index (κ1) is 9.48. The molecule has 70 valence electrons. The molecule has 2 N–H and O–H groups in total. The molecule has 0 saturated carbocycles. The Morgan fingerprint density at radius 2 is 2.17 bits per heavy atom. The summed E-state index contributed by atoms with van der Waals surface area (Å²) < 4.78 is 10.1. The number of hydrogen-bond acceptors (Lipinski definition) is 4. The van der Waals surface area contributed by atoms with Crippen LogP contribution in [0.15, 0.2) is 0 Å². The van der Waals surface area contributed by atoms with Gasteiger partial charge in [0.1, 0.15) is 5.60 Å². The van der Waals surface area contributed by atoms with Crippen LogP contribution in [0.2, 0.25) is 0 Å². The van der Waals surface area contributed by atoms with Gasteiger partial charge < -0.3 is 15.2 Å². The number of esters is 1. The van der Waals surface area contributed by atoms with Gasteiger partial charge in [-0.3, -0.25) is 0 Å². The summed E-state index contributed by atoms with van der Waals surface area (Å²) >= 11 is 0. The highest BCUT2D eigenvalue weighted by molar-refractivity contribution is 5.83. The molecule has 0 aromatic heterocycles. The van der Waals surface area contributed by atoms with E-state index in [0.717, 1.165) is 0 Å². The van der Waals surface area contributed by atoms with Gasteiger partial charge in [-0.1, -0.05) is 0 Å². The van der Waals surface area contributed by atoms with Crippen molar-refractivity contribution in [3.63, 3.8) is 0 Å². The second kappa shape index (κ2) is 2.71. The molecular formula is C8H15NO3. The Kier molecular flexibility index (Phi) is 2.14. The van der Waals surface area contributed by atoms with Gasteiger partial charge in [-0.2, -0.15) is 0 Å². The third-order valence-electron chi connectivity index (χ3n) is 1.59. The van der Waals surface area contributed by atoms with Gasteiger partial charge in [0.25, 0.3) is 0 Å². The highest BCUT2D eigenvalue weighted by atomic mass is 16.6. The van der Waals surface area contributed by atoms with Crippen molar-refractivity contribution in [3.05, 3.63) is 0 Å². The van der Waals surface area contributed by atoms with Crippen LogP contribution in [0.3, 0.4) is 0 Å². The van der Waals surface area contributed by atoms with E-state index < -0.39 is 11.2 Å². The molecule has 0 spiro atoms. The molecule has 1 fully saturated rings. The van der Waals surface area contributed by atoms with Crippen molar-refractivity contribution >= 4 is 5.97 Å². The highest BCUT2D eigenvalue weighted by Crippen LogP contribution is 2.28. The van der Waals surface area contributed by atoms with Gasteiger partial charge in [0, 0.05) is 6.54 Å². The maximum Gasteiger partial charge on any atom is 0.342 e. The third kappa shape index (κ3) is 1.95. The molecule has 1 heterocycles. The van der Waals surface area contributed by atoms with E-state index in [0.29, 0.717) is 6.61 Å². The van der Waals surface area contributed by atoms with Gasteiger partial charge in [0.2, 0.25) is 5.60 Å². The average molecular weight is 173 g/mol. The predicted molar refractivity (Wildman–Crippen MR) is 43.6 cm³/mol. The SMILES string of the molecule is CC(C)(C)OC(=O)[C@@]1(CN)CO1. The van der Waals surface area contributed by atoms with Crippen molar-refractivity contribution < 1.29 is 14.3 Å². The molecule has 0 amide bonds. The first-order valence-electron chi connectivity index (χ1n) is 3.97. The zero-order chi connectivity index (χ0) is 9.41. The van der Waals surface area contributed by atoms with E-state index in [2.05, 4.69) is 0 Å². The molecule has 1 aliphatic heterocycles. The van der Waals surface area contributed by atoms with E-state index in [1.165, 1.54) is 0 Å². The van der Waals surface area contributed by atoms with E-state index in [4.69, 9.17) is 15.2 Å². The Labute approximate surface area is 72.0 Å². The summed E-state index contributed by atoms with van der Waals surface area (Å²) in [4.78, 5) is 11.3. The molecular weight excluding hydrogens is 158 g/mol. The molecule has 0 radical (unpaired) electrons. The van der Waals surface area contributed by atoms with E-state index >= 15 is 0 Å². The molecule has 0 aromatic carbocycles. The van der Waals surface area contributed by atoms with E-state index in [9.17, 15) is 4.79 Å². The van der Waals surface area contributed by atoms with Gasteiger partial charge in [-0.05, 0) is 20.8 Å². The van der Waals surface area contributed by atoms with Crippen LogP contribution in [0.25, 0.3) is 0 Å². The average Bonchev–Trinajstić information content (AvgIpc) is 2.62. The van der Waals surface area contributed by atoms with Gasteiger partial charge >= 0.3 is 5.97 Å². The fourth-order valence-corrected chi connectivity index (χ4v) is 0.777. The Bertz CT molecular complexity index is 191. The summed E-state index contributed by atoms with van der Waals surface area (Å²) in [7, 11) is 0. The second-order valence-corrected chi connectivity index (χ2v) is 3.99. The Morgan fingerprint density at radius 1 is 1.67 bits per heavy atom. The van der Waals surface area contributed by atoms with Crippen LogP contribution < -0.4 is 5.73 Å². The molecule has 12 heavy (non-hydrogen) atoms. The number of ether oxygens (including phenoxy) is 2. The molecule has 4 heteroatoms. The first-order valence-corrected chi connectivity index (χ1v) is 3.97. The summed E-state index contributed by atoms with van der Waals surface area (Å²) in [5, 5.41) is 0. The lowest BCUT2D eigenvalue weighted by atomic mass is 10.1. The number of epoxide rings is 1. The van der Waals surface area contributed by atoms with Crippen molar-refractivity contribution in [2.75, 3.05) is 13.2 Å². The minimum Gasteiger partial charge on any atom is -0.458 e. The third-order valence-corrected chi connectivity index (χ3v) is 1.59. The van der Waals surface area contributed by atoms with E-state index in [1.54, 1.807) is 0 Å². The topological polar surface area (TPSA) is 64.8 Å². The maximum atomic E-state index is 11.3. The van der Waals surface area contributed by atoms with E-state index in [-0.39, 0.29) is 12.5 Å². The molecule has 0 aliphatic carbocycles. The van der Waals surface area contributed by atoms with Crippen LogP contribution in [0.5, 0.6) is 0 Å². The normalized spacial score (nSPS) is 28.3. The van der Waals surface area contributed by atoms with Crippen molar-refractivity contribution in [2.45, 2.75) is 32.0 Å². The lowest BCUT2D eigenvalue weighted by Gasteiger charge is -2.21. The second-order valence-electron chi connectivity index (χ2n) is 3.99. The maximum absolute atomic E-state index is 11.3. The number of rotatable bonds is 2. The fourth-order valence-electron chi connectivity index (χ4n) is 0.777. The van der Waals surface area contributed by atoms with Crippen LogP contribution in [0.4, 0.5) is 0 Å². The lowest BCUT2D eigenvalue weighted by molar-refractivity contribution is -0.161. The van der Waals surface area contributed by atoms with Crippen LogP contribution in [-0.2, 0) is 14.3 Å². The van der Waals surface area contributed by atoms with Crippen LogP contribution in [0.1, 0.15) is 20.8 Å². The van der Waals surface area contributed by atoms with Gasteiger partial charge in [-0.25, -0.2) is 4.79 Å². The van der Waals surface area contributed by atoms with Crippen LogP contribution in [-0.4, -0.2) is 30.3 Å². The number of hydrogen-bond donors (Lipinski definition) is 1. The standard InChI is InChI=1S/C8H15NO3/c1-7(2,3)12-6(10)8(4-9)5-11-8/h4-5,9H2,1-3H3/t8-/m1/s1. The van der Waals surface area contributed by atoms with Gasteiger partial charge in [-0.15, -0.1) is 0 Å². The van der Waals surface area contributed by atoms with Gasteiger partial charge in [0.05, 0.1) is 6.61 Å². The van der Waals surface area contributed by atoms with Crippen LogP contribution in [0, 0.1) is 0 Å². The summed E-state index contributed by atoms with van der Waals surface area (Å²) in [6.07, 6.45) is 0. The Hall–Kier alpha value is -0.610. The highest BCUT2D eigenvalue weighted by Gasteiger charge is 2.53. The lowest BCUT2D eigenvalue weighted by Crippen LogP contribution is -2.39. The van der Waals surface area contributed by atoms with Crippen molar-refractivity contribution in [1.29, 1.82) is 0 Å². The number of nitrogens with two attached hydrogens (primary N) is 1. The first-order chi connectivity index (χ1) is 5.40. The number of carbonyl (C=O) groups excluding carboxylic acids is 1. The van der Waals surface area contributed by atoms with Crippen molar-refractivity contribution in [1.82, 2.24) is 0 Å². The summed E-state index contributed by atoms with van der Waals surface area (Å²) in [5.41, 5.74) is 4.07. The molecule has 0 unspecified atom stereocenters. The molecule has 0 bridgehead atoms. The monoisotopic (exact) mass is 173 g/mol. The summed E-state index contributed by atoms with van der Waals surface area (Å²) in [5.74, 6) is -0.350. The minimum atomic E-state index is -0.826. The molecule has 1 saturated heterocycles. The smallest absolute Gasteiger partial charge is 0.342 e. The molecule has 1 rings (SSSR count). The van der Waals surface area contributed by atoms with E-state index in [1.807, 2.05) is 20.8 Å². The van der Waals surface area contributed by atoms with Crippen LogP contribution >= 0.6 is 0 Å². The number of carbonyl (C=O) groups is 1. The zero-order valence-electron chi connectivity index (χ0n) is 7.72. The fraction of sp³-hybridized carbons (Fsp3) is 0.875. The zero-order valence-corrected chi connectivity index (χ0v) is 7.72. The predicted octanol–water partition coefficient (Wildman–Crippen LogP) is 0.0558. The molecule has 1 atom stereocenters. The van der Waals surface area contributed by atoms with Crippen molar-refractivity contribution in [2.24, 2.45) is 5.73 Å². The largest absolute Gasteiger partial charge is 0.458 e. The summed E-state index contributed by atoms with van der Waals surface area (Å²) in [6, 6.07) is 0. The van der Waals surface area contributed by atoms with Gasteiger partial charge in [0.15, 0.2) is 0 Å². The molecule has 1 aliphatic rings. The molecule has 4 nitrogen and oxygen atoms in total. The minimum absolute atomic E-state index is 0.196. The molecule has 0 aromatic rings. The Balaban J connectivity index is 2.49. The van der Waals surface area contributed by atoms with Crippen molar-refractivity contribution in [3.8, 4) is 0 Å². The Morgan fingerprint density at radius 3 is 2.42 bits per heavy atom.